The number of benzene rings is 1. The lowest BCUT2D eigenvalue weighted by Crippen LogP contribution is -2.29. The normalized spacial score (nSPS) is 24.6. The van der Waals surface area contributed by atoms with Gasteiger partial charge in [-0.1, -0.05) is 12.1 Å². The Morgan fingerprint density at radius 2 is 1.97 bits per heavy atom. The van der Waals surface area contributed by atoms with Crippen LogP contribution in [0.1, 0.15) is 50.3 Å². The third-order valence-corrected chi connectivity index (χ3v) is 6.49. The zero-order chi connectivity index (χ0) is 22.7. The Balaban J connectivity index is 1.34. The second-order valence-corrected chi connectivity index (χ2v) is 8.97. The Labute approximate surface area is 187 Å². The molecule has 0 saturated heterocycles. The Hall–Kier alpha value is -3.03. The average molecular weight is 443 g/mol. The van der Waals surface area contributed by atoms with E-state index >= 15 is 0 Å². The summed E-state index contributed by atoms with van der Waals surface area (Å²) in [6, 6.07) is 7.45. The Bertz CT molecular complexity index is 954. The number of hydrogen-bond donors (Lipinski definition) is 2. The summed E-state index contributed by atoms with van der Waals surface area (Å²) >= 11 is 0. The first-order valence-corrected chi connectivity index (χ1v) is 11.3. The van der Waals surface area contributed by atoms with Gasteiger partial charge in [0.15, 0.2) is 5.76 Å². The standard InChI is InChI=1S/C24H30N2O6/c1-14-10-18(14)13-30-24(29)25-12-21-15(2)26-32-22(21)16-6-8-19(9-7-16)31-20-5-3-4-17(11-20)23(27)28/h6-9,14,17-18,20H,3-5,10-13H2,1-2H3,(H,25,29)(H,27,28)/t14?,17?,18?,20-/m0/s1. The van der Waals surface area contributed by atoms with Crippen LogP contribution in [0.4, 0.5) is 4.79 Å². The lowest BCUT2D eigenvalue weighted by molar-refractivity contribution is -0.143. The first-order valence-electron chi connectivity index (χ1n) is 11.3. The fourth-order valence-corrected chi connectivity index (χ4v) is 4.20. The largest absolute Gasteiger partial charge is 0.490 e. The van der Waals surface area contributed by atoms with Gasteiger partial charge in [-0.15, -0.1) is 0 Å². The van der Waals surface area contributed by atoms with Crippen molar-refractivity contribution >= 4 is 12.1 Å². The molecule has 2 fully saturated rings. The maximum absolute atomic E-state index is 12.0. The van der Waals surface area contributed by atoms with Crippen LogP contribution in [-0.4, -0.2) is 35.0 Å². The van der Waals surface area contributed by atoms with Crippen molar-refractivity contribution in [2.24, 2.45) is 17.8 Å². The molecule has 2 saturated carbocycles. The van der Waals surface area contributed by atoms with Crippen molar-refractivity contribution in [2.75, 3.05) is 6.61 Å². The molecule has 1 heterocycles. The molecule has 8 heteroatoms. The molecule has 1 aromatic carbocycles. The highest BCUT2D eigenvalue weighted by molar-refractivity contribution is 5.70. The number of ether oxygens (including phenoxy) is 2. The zero-order valence-corrected chi connectivity index (χ0v) is 18.5. The van der Waals surface area contributed by atoms with Crippen LogP contribution in [0.25, 0.3) is 11.3 Å². The molecule has 32 heavy (non-hydrogen) atoms. The highest BCUT2D eigenvalue weighted by Crippen LogP contribution is 2.37. The first kappa shape index (κ1) is 22.2. The van der Waals surface area contributed by atoms with Crippen LogP contribution >= 0.6 is 0 Å². The molecule has 2 aliphatic carbocycles. The van der Waals surface area contributed by atoms with Crippen molar-refractivity contribution in [1.82, 2.24) is 10.5 Å². The van der Waals surface area contributed by atoms with Crippen molar-refractivity contribution in [3.05, 3.63) is 35.5 Å². The lowest BCUT2D eigenvalue weighted by atomic mass is 9.87. The number of nitrogens with one attached hydrogen (secondary N) is 1. The van der Waals surface area contributed by atoms with Gasteiger partial charge in [0, 0.05) is 11.1 Å². The Kier molecular flexibility index (Phi) is 6.67. The van der Waals surface area contributed by atoms with Crippen LogP contribution in [0.5, 0.6) is 5.75 Å². The zero-order valence-electron chi connectivity index (χ0n) is 18.5. The minimum absolute atomic E-state index is 0.0902. The van der Waals surface area contributed by atoms with E-state index in [4.69, 9.17) is 14.0 Å². The topological polar surface area (TPSA) is 111 Å². The lowest BCUT2D eigenvalue weighted by Gasteiger charge is -2.27. The molecule has 2 aliphatic rings. The number of alkyl carbamates (subject to hydrolysis) is 1. The number of aromatic nitrogens is 1. The summed E-state index contributed by atoms with van der Waals surface area (Å²) in [7, 11) is 0. The summed E-state index contributed by atoms with van der Waals surface area (Å²) in [6.45, 7) is 4.70. The van der Waals surface area contributed by atoms with E-state index in [1.807, 2.05) is 31.2 Å². The van der Waals surface area contributed by atoms with Crippen LogP contribution in [0.2, 0.25) is 0 Å². The molecule has 1 amide bonds. The molecular weight excluding hydrogens is 412 g/mol. The number of carbonyl (C=O) groups is 2. The Morgan fingerprint density at radius 1 is 1.22 bits per heavy atom. The van der Waals surface area contributed by atoms with E-state index in [2.05, 4.69) is 17.4 Å². The quantitative estimate of drug-likeness (QED) is 0.617. The molecule has 0 radical (unpaired) electrons. The summed E-state index contributed by atoms with van der Waals surface area (Å²) in [4.78, 5) is 23.3. The van der Waals surface area contributed by atoms with E-state index in [1.165, 1.54) is 0 Å². The van der Waals surface area contributed by atoms with Crippen molar-refractivity contribution in [3.63, 3.8) is 0 Å². The summed E-state index contributed by atoms with van der Waals surface area (Å²) in [5.74, 6) is 1.32. The Morgan fingerprint density at radius 3 is 2.66 bits per heavy atom. The second-order valence-electron chi connectivity index (χ2n) is 8.97. The van der Waals surface area contributed by atoms with Gasteiger partial charge in [-0.05, 0) is 75.1 Å². The van der Waals surface area contributed by atoms with E-state index in [-0.39, 0.29) is 18.6 Å². The van der Waals surface area contributed by atoms with E-state index < -0.39 is 12.1 Å². The molecule has 4 atom stereocenters. The van der Waals surface area contributed by atoms with Gasteiger partial charge in [0.25, 0.3) is 0 Å². The second kappa shape index (κ2) is 9.63. The van der Waals surface area contributed by atoms with Crippen molar-refractivity contribution < 1.29 is 28.7 Å². The molecular formula is C24H30N2O6. The van der Waals surface area contributed by atoms with Gasteiger partial charge in [0.2, 0.25) is 0 Å². The number of carbonyl (C=O) groups excluding carboxylic acids is 1. The SMILES string of the molecule is Cc1noc(-c2ccc(O[C@H]3CCCC(C(=O)O)C3)cc2)c1CNC(=O)OCC1CC1C. The maximum Gasteiger partial charge on any atom is 0.407 e. The number of hydrogen-bond acceptors (Lipinski definition) is 6. The van der Waals surface area contributed by atoms with Crippen LogP contribution < -0.4 is 10.1 Å². The third-order valence-electron chi connectivity index (χ3n) is 6.49. The van der Waals surface area contributed by atoms with Gasteiger partial charge in [-0.3, -0.25) is 4.79 Å². The van der Waals surface area contributed by atoms with E-state index in [0.717, 1.165) is 30.4 Å². The van der Waals surface area contributed by atoms with Crippen molar-refractivity contribution in [1.29, 1.82) is 0 Å². The van der Waals surface area contributed by atoms with Crippen molar-refractivity contribution in [3.8, 4) is 17.1 Å². The van der Waals surface area contributed by atoms with E-state index in [1.54, 1.807) is 0 Å². The van der Waals surface area contributed by atoms with Crippen LogP contribution in [0.3, 0.4) is 0 Å². The number of aliphatic carboxylic acids is 1. The molecule has 8 nitrogen and oxygen atoms in total. The molecule has 172 valence electrons. The highest BCUT2D eigenvalue weighted by atomic mass is 16.5. The van der Waals surface area contributed by atoms with Crippen molar-refractivity contribution in [2.45, 2.75) is 58.6 Å². The molecule has 4 rings (SSSR count). The monoisotopic (exact) mass is 442 g/mol. The predicted molar refractivity (Wildman–Crippen MR) is 116 cm³/mol. The van der Waals surface area contributed by atoms with Gasteiger partial charge < -0.3 is 24.4 Å². The summed E-state index contributed by atoms with van der Waals surface area (Å²) in [5.41, 5.74) is 2.33. The van der Waals surface area contributed by atoms with Gasteiger partial charge in [0.05, 0.1) is 30.9 Å². The van der Waals surface area contributed by atoms with Gasteiger partial charge in [0.1, 0.15) is 5.75 Å². The molecule has 0 aliphatic heterocycles. The van der Waals surface area contributed by atoms with Gasteiger partial charge >= 0.3 is 12.1 Å². The molecule has 0 bridgehead atoms. The molecule has 1 aromatic heterocycles. The summed E-state index contributed by atoms with van der Waals surface area (Å²) in [5, 5.41) is 16.1. The summed E-state index contributed by atoms with van der Waals surface area (Å²) in [6.07, 6.45) is 3.54. The number of carboxylic acid groups (broad SMARTS) is 1. The number of carboxylic acids is 1. The molecule has 0 spiro atoms. The maximum atomic E-state index is 12.0. The summed E-state index contributed by atoms with van der Waals surface area (Å²) < 4.78 is 16.8. The number of aryl methyl sites for hydroxylation is 1. The first-order chi connectivity index (χ1) is 15.4. The molecule has 2 aromatic rings. The highest BCUT2D eigenvalue weighted by Gasteiger charge is 2.33. The molecule has 3 unspecified atom stereocenters. The third kappa shape index (κ3) is 5.41. The number of amides is 1. The fourth-order valence-electron chi connectivity index (χ4n) is 4.20. The van der Waals surface area contributed by atoms with Crippen LogP contribution in [-0.2, 0) is 16.1 Å². The number of rotatable bonds is 8. The minimum Gasteiger partial charge on any atom is -0.490 e. The van der Waals surface area contributed by atoms with Crippen LogP contribution in [0, 0.1) is 24.7 Å². The van der Waals surface area contributed by atoms with E-state index in [9.17, 15) is 14.7 Å². The molecule has 2 N–H and O–H groups in total. The van der Waals surface area contributed by atoms with Crippen LogP contribution in [0.15, 0.2) is 28.8 Å². The van der Waals surface area contributed by atoms with E-state index in [0.29, 0.717) is 48.5 Å². The fraction of sp³-hybridized carbons (Fsp3) is 0.542. The van der Waals surface area contributed by atoms with Gasteiger partial charge in [-0.25, -0.2) is 4.79 Å². The minimum atomic E-state index is -0.749. The van der Waals surface area contributed by atoms with Gasteiger partial charge in [-0.2, -0.15) is 0 Å². The predicted octanol–water partition coefficient (Wildman–Crippen LogP) is 4.55. The smallest absolute Gasteiger partial charge is 0.407 e. The average Bonchev–Trinajstić information content (AvgIpc) is 3.37. The number of nitrogens with zero attached hydrogens (tertiary/aromatic N) is 1.